The fourth-order valence-electron chi connectivity index (χ4n) is 3.09. The molecule has 7 heteroatoms. The van der Waals surface area contributed by atoms with E-state index in [0.717, 1.165) is 12.8 Å². The maximum absolute atomic E-state index is 12.7. The normalized spacial score (nSPS) is 19.5. The standard InChI is InChI=1S/C14H18N2O4S/c17-14(18)12-5-3-7-13-11(12)6-4-10-16(13)21(19,20)15-8-1-2-9-15/h3,5,7H,1-2,4,6,8-10H2,(H,17,18). The van der Waals surface area contributed by atoms with E-state index in [9.17, 15) is 18.3 Å². The van der Waals surface area contributed by atoms with E-state index in [1.807, 2.05) is 0 Å². The van der Waals surface area contributed by atoms with Crippen molar-refractivity contribution in [2.75, 3.05) is 23.9 Å². The zero-order valence-corrected chi connectivity index (χ0v) is 12.5. The Morgan fingerprint density at radius 2 is 1.81 bits per heavy atom. The summed E-state index contributed by atoms with van der Waals surface area (Å²) in [6.45, 7) is 1.51. The second kappa shape index (κ2) is 5.31. The lowest BCUT2D eigenvalue weighted by molar-refractivity contribution is 0.0695. The Balaban J connectivity index is 2.05. The van der Waals surface area contributed by atoms with Crippen LogP contribution in [0.15, 0.2) is 18.2 Å². The predicted octanol–water partition coefficient (Wildman–Crippen LogP) is 1.48. The zero-order valence-electron chi connectivity index (χ0n) is 11.7. The van der Waals surface area contributed by atoms with Crippen LogP contribution in [0.2, 0.25) is 0 Å². The van der Waals surface area contributed by atoms with E-state index >= 15 is 0 Å². The Labute approximate surface area is 124 Å². The molecule has 0 atom stereocenters. The number of nitrogens with zero attached hydrogens (tertiary/aromatic N) is 2. The number of carboxylic acid groups (broad SMARTS) is 1. The number of fused-ring (bicyclic) bond motifs is 1. The molecule has 2 aliphatic heterocycles. The monoisotopic (exact) mass is 310 g/mol. The summed E-state index contributed by atoms with van der Waals surface area (Å²) in [7, 11) is -3.54. The molecule has 2 aliphatic rings. The molecule has 6 nitrogen and oxygen atoms in total. The van der Waals surface area contributed by atoms with E-state index in [0.29, 0.717) is 43.7 Å². The molecule has 1 aromatic rings. The lowest BCUT2D eigenvalue weighted by Gasteiger charge is -2.33. The minimum atomic E-state index is -3.54. The summed E-state index contributed by atoms with van der Waals surface area (Å²) in [6.07, 6.45) is 3.01. The first kappa shape index (κ1) is 14.3. The number of hydrogen-bond donors (Lipinski definition) is 1. The highest BCUT2D eigenvalue weighted by molar-refractivity contribution is 7.90. The van der Waals surface area contributed by atoms with Gasteiger partial charge >= 0.3 is 16.2 Å². The van der Waals surface area contributed by atoms with E-state index in [4.69, 9.17) is 0 Å². The highest BCUT2D eigenvalue weighted by Gasteiger charge is 2.35. The molecule has 0 saturated carbocycles. The number of carbonyl (C=O) groups is 1. The van der Waals surface area contributed by atoms with Gasteiger partial charge in [-0.1, -0.05) is 6.07 Å². The third-order valence-corrected chi connectivity index (χ3v) is 6.06. The number of rotatable bonds is 3. The summed E-state index contributed by atoms with van der Waals surface area (Å²) >= 11 is 0. The fourth-order valence-corrected chi connectivity index (χ4v) is 4.87. The lowest BCUT2D eigenvalue weighted by atomic mass is 9.98. The minimum Gasteiger partial charge on any atom is -0.478 e. The molecule has 0 spiro atoms. The van der Waals surface area contributed by atoms with Gasteiger partial charge in [0.2, 0.25) is 0 Å². The van der Waals surface area contributed by atoms with Gasteiger partial charge in [-0.15, -0.1) is 0 Å². The van der Waals surface area contributed by atoms with Gasteiger partial charge in [0.25, 0.3) is 0 Å². The average Bonchev–Trinajstić information content (AvgIpc) is 3.00. The van der Waals surface area contributed by atoms with Gasteiger partial charge < -0.3 is 5.11 Å². The van der Waals surface area contributed by atoms with Crippen LogP contribution in [-0.4, -0.2) is 43.4 Å². The highest BCUT2D eigenvalue weighted by atomic mass is 32.2. The third-order valence-electron chi connectivity index (χ3n) is 4.11. The topological polar surface area (TPSA) is 77.9 Å². The summed E-state index contributed by atoms with van der Waals surface area (Å²) in [5.41, 5.74) is 1.35. The Bertz CT molecular complexity index is 666. The highest BCUT2D eigenvalue weighted by Crippen LogP contribution is 2.33. The zero-order chi connectivity index (χ0) is 15.0. The minimum absolute atomic E-state index is 0.203. The molecule has 0 radical (unpaired) electrons. The van der Waals surface area contributed by atoms with Gasteiger partial charge in [-0.05, 0) is 43.4 Å². The van der Waals surface area contributed by atoms with Crippen LogP contribution in [-0.2, 0) is 16.6 Å². The SMILES string of the molecule is O=C(O)c1cccc2c1CCCN2S(=O)(=O)N1CCCC1. The Morgan fingerprint density at radius 1 is 1.10 bits per heavy atom. The quantitative estimate of drug-likeness (QED) is 0.917. The van der Waals surface area contributed by atoms with Crippen molar-refractivity contribution in [1.82, 2.24) is 4.31 Å². The molecule has 0 bridgehead atoms. The van der Waals surface area contributed by atoms with E-state index in [1.54, 1.807) is 12.1 Å². The fraction of sp³-hybridized carbons (Fsp3) is 0.500. The maximum Gasteiger partial charge on any atom is 0.336 e. The van der Waals surface area contributed by atoms with Crippen LogP contribution in [0.1, 0.15) is 35.2 Å². The van der Waals surface area contributed by atoms with Crippen molar-refractivity contribution in [3.05, 3.63) is 29.3 Å². The van der Waals surface area contributed by atoms with Crippen LogP contribution in [0.4, 0.5) is 5.69 Å². The van der Waals surface area contributed by atoms with Crippen molar-refractivity contribution in [3.63, 3.8) is 0 Å². The molecule has 0 aromatic heterocycles. The molecule has 1 fully saturated rings. The van der Waals surface area contributed by atoms with Crippen LogP contribution in [0.25, 0.3) is 0 Å². The van der Waals surface area contributed by atoms with Crippen LogP contribution in [0, 0.1) is 0 Å². The number of hydrogen-bond acceptors (Lipinski definition) is 3. The largest absolute Gasteiger partial charge is 0.478 e. The van der Waals surface area contributed by atoms with Gasteiger partial charge in [0, 0.05) is 19.6 Å². The summed E-state index contributed by atoms with van der Waals surface area (Å²) in [6, 6.07) is 4.85. The van der Waals surface area contributed by atoms with Crippen LogP contribution in [0.5, 0.6) is 0 Å². The second-order valence-corrected chi connectivity index (χ2v) is 7.25. The van der Waals surface area contributed by atoms with Crippen molar-refractivity contribution in [1.29, 1.82) is 0 Å². The first-order valence-electron chi connectivity index (χ1n) is 7.15. The Hall–Kier alpha value is -1.60. The van der Waals surface area contributed by atoms with E-state index in [1.165, 1.54) is 14.7 Å². The van der Waals surface area contributed by atoms with Crippen molar-refractivity contribution in [2.24, 2.45) is 0 Å². The molecule has 0 aliphatic carbocycles. The molecule has 1 aromatic carbocycles. The van der Waals surface area contributed by atoms with Gasteiger partial charge in [0.1, 0.15) is 0 Å². The molecule has 3 rings (SSSR count). The smallest absolute Gasteiger partial charge is 0.336 e. The summed E-state index contributed by atoms with van der Waals surface area (Å²) < 4.78 is 28.3. The third kappa shape index (κ3) is 2.40. The lowest BCUT2D eigenvalue weighted by Crippen LogP contribution is -2.45. The van der Waals surface area contributed by atoms with Gasteiger partial charge in [-0.2, -0.15) is 12.7 Å². The van der Waals surface area contributed by atoms with Gasteiger partial charge in [0.15, 0.2) is 0 Å². The van der Waals surface area contributed by atoms with Gasteiger partial charge in [-0.25, -0.2) is 4.79 Å². The first-order chi connectivity index (χ1) is 10.0. The van der Waals surface area contributed by atoms with Crippen LogP contribution >= 0.6 is 0 Å². The van der Waals surface area contributed by atoms with Crippen molar-refractivity contribution in [3.8, 4) is 0 Å². The van der Waals surface area contributed by atoms with Crippen LogP contribution in [0.3, 0.4) is 0 Å². The molecule has 1 saturated heterocycles. The number of aromatic carboxylic acids is 1. The first-order valence-corrected chi connectivity index (χ1v) is 8.54. The molecule has 0 unspecified atom stereocenters. The second-order valence-electron chi connectivity index (χ2n) is 5.40. The van der Waals surface area contributed by atoms with Crippen LogP contribution < -0.4 is 4.31 Å². The molecule has 21 heavy (non-hydrogen) atoms. The summed E-state index contributed by atoms with van der Waals surface area (Å²) in [5.74, 6) is -1.01. The van der Waals surface area contributed by atoms with E-state index in [2.05, 4.69) is 0 Å². The average molecular weight is 310 g/mol. The molecule has 0 amide bonds. The van der Waals surface area contributed by atoms with E-state index in [-0.39, 0.29) is 5.56 Å². The van der Waals surface area contributed by atoms with Crippen molar-refractivity contribution in [2.45, 2.75) is 25.7 Å². The number of anilines is 1. The molecule has 114 valence electrons. The van der Waals surface area contributed by atoms with Gasteiger partial charge in [-0.3, -0.25) is 4.31 Å². The molecular formula is C14H18N2O4S. The van der Waals surface area contributed by atoms with E-state index < -0.39 is 16.2 Å². The Kier molecular flexibility index (Phi) is 3.62. The molecule has 2 heterocycles. The maximum atomic E-state index is 12.7. The summed E-state index contributed by atoms with van der Waals surface area (Å²) in [5, 5.41) is 9.26. The van der Waals surface area contributed by atoms with Crippen molar-refractivity contribution >= 4 is 21.9 Å². The number of carboxylic acids is 1. The predicted molar refractivity (Wildman–Crippen MR) is 78.8 cm³/mol. The Morgan fingerprint density at radius 3 is 2.48 bits per heavy atom. The number of benzene rings is 1. The molecular weight excluding hydrogens is 292 g/mol. The molecule has 1 N–H and O–H groups in total. The van der Waals surface area contributed by atoms with Crippen molar-refractivity contribution < 1.29 is 18.3 Å². The van der Waals surface area contributed by atoms with Gasteiger partial charge in [0.05, 0.1) is 11.3 Å². The summed E-state index contributed by atoms with van der Waals surface area (Å²) in [4.78, 5) is 11.3.